The first-order chi connectivity index (χ1) is 10.2. The molecule has 0 unspecified atom stereocenters. The molecule has 1 amide bonds. The molecule has 2 aromatic carbocycles. The maximum absolute atomic E-state index is 12.3. The average Bonchev–Trinajstić information content (AvgIpc) is 2.50. The van der Waals surface area contributed by atoms with Crippen molar-refractivity contribution in [2.45, 2.75) is 13.0 Å². The predicted octanol–water partition coefficient (Wildman–Crippen LogP) is 2.00. The van der Waals surface area contributed by atoms with E-state index in [1.54, 1.807) is 0 Å². The molecule has 1 aliphatic heterocycles. The van der Waals surface area contributed by atoms with Crippen LogP contribution in [0.2, 0.25) is 0 Å². The van der Waals surface area contributed by atoms with E-state index in [-0.39, 0.29) is 11.3 Å². The van der Waals surface area contributed by atoms with E-state index in [9.17, 15) is 15.0 Å². The van der Waals surface area contributed by atoms with Crippen LogP contribution in [0, 0.1) is 0 Å². The van der Waals surface area contributed by atoms with Crippen LogP contribution in [0.25, 0.3) is 0 Å². The highest BCUT2D eigenvalue weighted by Gasteiger charge is 2.17. The maximum atomic E-state index is 12.3. The second-order valence-corrected chi connectivity index (χ2v) is 5.00. The molecule has 4 N–H and O–H groups in total. The fourth-order valence-corrected chi connectivity index (χ4v) is 2.55. The summed E-state index contributed by atoms with van der Waals surface area (Å²) in [5.41, 5.74) is 3.09. The summed E-state index contributed by atoms with van der Waals surface area (Å²) in [5, 5.41) is 25.3. The Morgan fingerprint density at radius 3 is 2.81 bits per heavy atom. The van der Waals surface area contributed by atoms with E-state index in [4.69, 9.17) is 0 Å². The number of phenols is 2. The Kier molecular flexibility index (Phi) is 3.50. The monoisotopic (exact) mass is 284 g/mol. The summed E-state index contributed by atoms with van der Waals surface area (Å²) in [5.74, 6) is -1.14. The third-order valence-electron chi connectivity index (χ3n) is 3.65. The quantitative estimate of drug-likeness (QED) is 0.636. The first kappa shape index (κ1) is 13.5. The van der Waals surface area contributed by atoms with Gasteiger partial charge < -0.3 is 20.8 Å². The first-order valence-electron chi connectivity index (χ1n) is 6.80. The zero-order valence-electron chi connectivity index (χ0n) is 11.4. The highest BCUT2D eigenvalue weighted by Crippen LogP contribution is 2.30. The molecule has 5 heteroatoms. The summed E-state index contributed by atoms with van der Waals surface area (Å²) in [7, 11) is 0. The van der Waals surface area contributed by atoms with Crippen molar-refractivity contribution in [3.8, 4) is 11.5 Å². The summed E-state index contributed by atoms with van der Waals surface area (Å²) >= 11 is 0. The van der Waals surface area contributed by atoms with E-state index in [0.29, 0.717) is 0 Å². The number of amides is 1. The number of carbonyl (C=O) groups is 1. The van der Waals surface area contributed by atoms with Crippen molar-refractivity contribution < 1.29 is 15.0 Å². The normalized spacial score (nSPS) is 13.5. The Morgan fingerprint density at radius 1 is 1.14 bits per heavy atom. The Hall–Kier alpha value is -2.53. The van der Waals surface area contributed by atoms with Crippen molar-refractivity contribution in [1.29, 1.82) is 0 Å². The largest absolute Gasteiger partial charge is 0.504 e. The molecule has 3 rings (SSSR count). The van der Waals surface area contributed by atoms with Gasteiger partial charge in [-0.1, -0.05) is 18.2 Å². The number of aromatic hydroxyl groups is 2. The van der Waals surface area contributed by atoms with Crippen LogP contribution in [0.1, 0.15) is 21.5 Å². The van der Waals surface area contributed by atoms with E-state index in [1.807, 2.05) is 18.2 Å². The molecule has 21 heavy (non-hydrogen) atoms. The Bertz CT molecular complexity index is 698. The second kappa shape index (κ2) is 5.46. The number of para-hydroxylation sites is 1. The number of anilines is 1. The lowest BCUT2D eigenvalue weighted by Crippen LogP contribution is -2.25. The van der Waals surface area contributed by atoms with Gasteiger partial charge in [0.25, 0.3) is 5.91 Å². The van der Waals surface area contributed by atoms with Crippen molar-refractivity contribution >= 4 is 11.6 Å². The maximum Gasteiger partial charge on any atom is 0.259 e. The predicted molar refractivity (Wildman–Crippen MR) is 79.6 cm³/mol. The molecular formula is C16H16N2O3. The molecule has 0 spiro atoms. The lowest BCUT2D eigenvalue weighted by molar-refractivity contribution is 0.102. The molecular weight excluding hydrogens is 268 g/mol. The zero-order valence-corrected chi connectivity index (χ0v) is 11.4. The van der Waals surface area contributed by atoms with Gasteiger partial charge in [0.1, 0.15) is 0 Å². The highest BCUT2D eigenvalue weighted by atomic mass is 16.3. The third kappa shape index (κ3) is 2.55. The minimum Gasteiger partial charge on any atom is -0.504 e. The summed E-state index contributed by atoms with van der Waals surface area (Å²) < 4.78 is 0. The zero-order chi connectivity index (χ0) is 14.8. The third-order valence-corrected chi connectivity index (χ3v) is 3.65. The van der Waals surface area contributed by atoms with Crippen LogP contribution in [0.5, 0.6) is 11.5 Å². The molecule has 0 fully saturated rings. The lowest BCUT2D eigenvalue weighted by atomic mass is 9.99. The van der Waals surface area contributed by atoms with Gasteiger partial charge in [0.05, 0.1) is 5.56 Å². The van der Waals surface area contributed by atoms with Crippen LogP contribution in [-0.2, 0) is 13.0 Å². The Balaban J connectivity index is 1.90. The van der Waals surface area contributed by atoms with E-state index in [0.717, 1.165) is 30.8 Å². The molecule has 108 valence electrons. The van der Waals surface area contributed by atoms with E-state index in [1.165, 1.54) is 23.8 Å². The molecule has 0 saturated heterocycles. The van der Waals surface area contributed by atoms with Crippen LogP contribution < -0.4 is 10.6 Å². The number of carbonyl (C=O) groups excluding carboxylic acids is 1. The molecule has 1 heterocycles. The fourth-order valence-electron chi connectivity index (χ4n) is 2.55. The van der Waals surface area contributed by atoms with Gasteiger partial charge in [-0.15, -0.1) is 0 Å². The number of hydrogen-bond acceptors (Lipinski definition) is 4. The SMILES string of the molecule is O=C(Nc1cccc2c1CCNC2)c1cccc(O)c1O. The lowest BCUT2D eigenvalue weighted by Gasteiger charge is -2.20. The van der Waals surface area contributed by atoms with Gasteiger partial charge >= 0.3 is 0 Å². The van der Waals surface area contributed by atoms with Gasteiger partial charge in [-0.05, 0) is 42.3 Å². The van der Waals surface area contributed by atoms with Gasteiger partial charge in [0, 0.05) is 12.2 Å². The van der Waals surface area contributed by atoms with Crippen molar-refractivity contribution in [2.24, 2.45) is 0 Å². The van der Waals surface area contributed by atoms with Crippen molar-refractivity contribution in [1.82, 2.24) is 5.32 Å². The van der Waals surface area contributed by atoms with Crippen molar-refractivity contribution in [3.63, 3.8) is 0 Å². The molecule has 1 aliphatic rings. The molecule has 2 aromatic rings. The van der Waals surface area contributed by atoms with Crippen LogP contribution >= 0.6 is 0 Å². The van der Waals surface area contributed by atoms with Crippen molar-refractivity contribution in [3.05, 3.63) is 53.1 Å². The van der Waals surface area contributed by atoms with E-state index in [2.05, 4.69) is 10.6 Å². The molecule has 0 aromatic heterocycles. The Labute approximate surface area is 122 Å². The first-order valence-corrected chi connectivity index (χ1v) is 6.80. The van der Waals surface area contributed by atoms with Gasteiger partial charge in [-0.3, -0.25) is 4.79 Å². The van der Waals surface area contributed by atoms with Gasteiger partial charge in [-0.25, -0.2) is 0 Å². The molecule has 0 radical (unpaired) electrons. The minimum atomic E-state index is -0.435. The van der Waals surface area contributed by atoms with Crippen LogP contribution in [0.4, 0.5) is 5.69 Å². The number of rotatable bonds is 2. The topological polar surface area (TPSA) is 81.6 Å². The van der Waals surface area contributed by atoms with Gasteiger partial charge in [-0.2, -0.15) is 0 Å². The molecule has 0 saturated carbocycles. The summed E-state index contributed by atoms with van der Waals surface area (Å²) in [6.45, 7) is 1.66. The second-order valence-electron chi connectivity index (χ2n) is 5.00. The summed E-state index contributed by atoms with van der Waals surface area (Å²) in [4.78, 5) is 12.3. The number of phenolic OH excluding ortho intramolecular Hbond substituents is 2. The molecule has 0 bridgehead atoms. The number of nitrogens with one attached hydrogen (secondary N) is 2. The molecule has 0 aliphatic carbocycles. The fraction of sp³-hybridized carbons (Fsp3) is 0.188. The van der Waals surface area contributed by atoms with Crippen molar-refractivity contribution in [2.75, 3.05) is 11.9 Å². The van der Waals surface area contributed by atoms with Crippen LogP contribution in [0.3, 0.4) is 0 Å². The standard InChI is InChI=1S/C16H16N2O3/c19-14-6-2-4-12(15(14)20)16(21)18-13-5-1-3-10-9-17-8-7-11(10)13/h1-6,17,19-20H,7-9H2,(H,18,21). The minimum absolute atomic E-state index is 0.0570. The van der Waals surface area contributed by atoms with Gasteiger partial charge in [0.15, 0.2) is 11.5 Å². The van der Waals surface area contributed by atoms with Gasteiger partial charge in [0.2, 0.25) is 0 Å². The Morgan fingerprint density at radius 2 is 1.95 bits per heavy atom. The smallest absolute Gasteiger partial charge is 0.259 e. The molecule has 5 nitrogen and oxygen atoms in total. The van der Waals surface area contributed by atoms with Crippen LogP contribution in [0.15, 0.2) is 36.4 Å². The number of benzene rings is 2. The van der Waals surface area contributed by atoms with Crippen LogP contribution in [-0.4, -0.2) is 22.7 Å². The summed E-state index contributed by atoms with van der Waals surface area (Å²) in [6, 6.07) is 10.1. The summed E-state index contributed by atoms with van der Waals surface area (Å²) in [6.07, 6.45) is 0.845. The number of hydrogen-bond donors (Lipinski definition) is 4. The number of fused-ring (bicyclic) bond motifs is 1. The average molecular weight is 284 g/mol. The van der Waals surface area contributed by atoms with E-state index >= 15 is 0 Å². The van der Waals surface area contributed by atoms with E-state index < -0.39 is 11.7 Å². The highest BCUT2D eigenvalue weighted by molar-refractivity contribution is 6.07. The molecule has 0 atom stereocenters.